The Labute approximate surface area is 87.9 Å². The van der Waals surface area contributed by atoms with Gasteiger partial charge in [0, 0.05) is 6.54 Å². The van der Waals surface area contributed by atoms with Gasteiger partial charge >= 0.3 is 0 Å². The van der Waals surface area contributed by atoms with Gasteiger partial charge in [-0.2, -0.15) is 0 Å². The molecule has 0 radical (unpaired) electrons. The predicted molar refractivity (Wildman–Crippen MR) is 60.0 cm³/mol. The Kier molecular flexibility index (Phi) is 3.96. The van der Waals surface area contributed by atoms with Crippen molar-refractivity contribution in [2.75, 3.05) is 6.54 Å². The van der Waals surface area contributed by atoms with E-state index in [9.17, 15) is 5.11 Å². The molecule has 0 aromatic rings. The molecule has 0 bridgehead atoms. The highest BCUT2D eigenvalue weighted by molar-refractivity contribution is 4.90. The van der Waals surface area contributed by atoms with Gasteiger partial charge in [0.1, 0.15) is 0 Å². The molecule has 2 heteroatoms. The second-order valence-corrected chi connectivity index (χ2v) is 5.28. The summed E-state index contributed by atoms with van der Waals surface area (Å²) in [6.07, 6.45) is 4.38. The molecule has 3 atom stereocenters. The van der Waals surface area contributed by atoms with E-state index >= 15 is 0 Å². The van der Waals surface area contributed by atoms with Gasteiger partial charge in [-0.15, -0.1) is 0 Å². The van der Waals surface area contributed by atoms with Crippen LogP contribution in [0.15, 0.2) is 0 Å². The minimum Gasteiger partial charge on any atom is -0.388 e. The van der Waals surface area contributed by atoms with Crippen molar-refractivity contribution in [2.24, 2.45) is 23.5 Å². The summed E-state index contributed by atoms with van der Waals surface area (Å²) in [7, 11) is 0. The Morgan fingerprint density at radius 2 is 1.71 bits per heavy atom. The molecule has 3 unspecified atom stereocenters. The standard InChI is InChI=1S/C12H25NO/c1-4-12(14,8-13)11-6-9(2)5-10(3)7-11/h9-11,14H,4-8,13H2,1-3H3. The van der Waals surface area contributed by atoms with Crippen molar-refractivity contribution in [3.8, 4) is 0 Å². The topological polar surface area (TPSA) is 46.2 Å². The van der Waals surface area contributed by atoms with Crippen LogP contribution in [0.5, 0.6) is 0 Å². The van der Waals surface area contributed by atoms with Gasteiger partial charge in [-0.05, 0) is 43.4 Å². The Morgan fingerprint density at radius 1 is 1.21 bits per heavy atom. The van der Waals surface area contributed by atoms with Gasteiger partial charge < -0.3 is 10.8 Å². The third kappa shape index (κ3) is 2.48. The van der Waals surface area contributed by atoms with Gasteiger partial charge in [0.2, 0.25) is 0 Å². The zero-order valence-corrected chi connectivity index (χ0v) is 9.79. The summed E-state index contributed by atoms with van der Waals surface area (Å²) in [6.45, 7) is 7.02. The first-order valence-electron chi connectivity index (χ1n) is 5.94. The van der Waals surface area contributed by atoms with Crippen molar-refractivity contribution < 1.29 is 5.11 Å². The van der Waals surface area contributed by atoms with Gasteiger partial charge in [0.05, 0.1) is 5.60 Å². The summed E-state index contributed by atoms with van der Waals surface area (Å²) in [6, 6.07) is 0. The highest BCUT2D eigenvalue weighted by atomic mass is 16.3. The molecule has 2 nitrogen and oxygen atoms in total. The fourth-order valence-corrected chi connectivity index (χ4v) is 2.99. The lowest BCUT2D eigenvalue weighted by atomic mass is 9.69. The van der Waals surface area contributed by atoms with Crippen LogP contribution in [-0.4, -0.2) is 17.3 Å². The average molecular weight is 199 g/mol. The van der Waals surface area contributed by atoms with Crippen LogP contribution in [-0.2, 0) is 0 Å². The maximum atomic E-state index is 10.4. The van der Waals surface area contributed by atoms with E-state index < -0.39 is 5.60 Å². The van der Waals surface area contributed by atoms with E-state index in [0.717, 1.165) is 31.1 Å². The normalized spacial score (nSPS) is 37.9. The van der Waals surface area contributed by atoms with Gasteiger partial charge in [-0.3, -0.25) is 0 Å². The van der Waals surface area contributed by atoms with Crippen LogP contribution < -0.4 is 5.73 Å². The van der Waals surface area contributed by atoms with Gasteiger partial charge in [-0.25, -0.2) is 0 Å². The van der Waals surface area contributed by atoms with E-state index in [4.69, 9.17) is 5.73 Å². The van der Waals surface area contributed by atoms with E-state index in [1.54, 1.807) is 0 Å². The van der Waals surface area contributed by atoms with Crippen molar-refractivity contribution in [2.45, 2.75) is 52.1 Å². The van der Waals surface area contributed by atoms with E-state index in [-0.39, 0.29) is 0 Å². The Bertz CT molecular complexity index is 167. The highest BCUT2D eigenvalue weighted by Crippen LogP contribution is 2.39. The first-order chi connectivity index (χ1) is 6.51. The minimum absolute atomic E-state index is 0.410. The minimum atomic E-state index is -0.608. The second-order valence-electron chi connectivity index (χ2n) is 5.28. The van der Waals surface area contributed by atoms with E-state index in [2.05, 4.69) is 13.8 Å². The smallest absolute Gasteiger partial charge is 0.0794 e. The molecule has 14 heavy (non-hydrogen) atoms. The van der Waals surface area contributed by atoms with Crippen molar-refractivity contribution >= 4 is 0 Å². The molecule has 84 valence electrons. The molecular weight excluding hydrogens is 174 g/mol. The molecule has 0 aliphatic heterocycles. The Morgan fingerprint density at radius 3 is 2.07 bits per heavy atom. The third-order valence-corrected chi connectivity index (χ3v) is 3.90. The summed E-state index contributed by atoms with van der Waals surface area (Å²) in [5.74, 6) is 1.90. The quantitative estimate of drug-likeness (QED) is 0.731. The molecule has 0 saturated heterocycles. The van der Waals surface area contributed by atoms with Crippen LogP contribution in [0, 0.1) is 17.8 Å². The number of nitrogens with two attached hydrogens (primary N) is 1. The average Bonchev–Trinajstić information content (AvgIpc) is 2.15. The summed E-state index contributed by atoms with van der Waals surface area (Å²) < 4.78 is 0. The summed E-state index contributed by atoms with van der Waals surface area (Å²) in [5.41, 5.74) is 5.08. The highest BCUT2D eigenvalue weighted by Gasteiger charge is 2.38. The first kappa shape index (κ1) is 12.0. The molecule has 1 rings (SSSR count). The molecule has 1 aliphatic rings. The lowest BCUT2D eigenvalue weighted by Crippen LogP contribution is -2.47. The Balaban J connectivity index is 2.66. The number of hydrogen-bond acceptors (Lipinski definition) is 2. The van der Waals surface area contributed by atoms with Crippen LogP contribution in [0.2, 0.25) is 0 Å². The molecule has 1 fully saturated rings. The maximum absolute atomic E-state index is 10.4. The van der Waals surface area contributed by atoms with Crippen LogP contribution >= 0.6 is 0 Å². The largest absolute Gasteiger partial charge is 0.388 e. The molecule has 0 aromatic heterocycles. The first-order valence-corrected chi connectivity index (χ1v) is 5.94. The molecule has 1 saturated carbocycles. The van der Waals surface area contributed by atoms with E-state index in [1.807, 2.05) is 6.92 Å². The molecule has 0 amide bonds. The molecule has 0 aromatic carbocycles. The monoisotopic (exact) mass is 199 g/mol. The fraction of sp³-hybridized carbons (Fsp3) is 1.00. The van der Waals surface area contributed by atoms with Crippen LogP contribution in [0.1, 0.15) is 46.5 Å². The van der Waals surface area contributed by atoms with Crippen molar-refractivity contribution in [3.63, 3.8) is 0 Å². The molecule has 0 spiro atoms. The zero-order chi connectivity index (χ0) is 10.8. The third-order valence-electron chi connectivity index (χ3n) is 3.90. The lowest BCUT2D eigenvalue weighted by molar-refractivity contribution is -0.0440. The van der Waals surface area contributed by atoms with E-state index in [1.165, 1.54) is 6.42 Å². The van der Waals surface area contributed by atoms with Crippen molar-refractivity contribution in [1.29, 1.82) is 0 Å². The van der Waals surface area contributed by atoms with Gasteiger partial charge in [0.25, 0.3) is 0 Å². The summed E-state index contributed by atoms with van der Waals surface area (Å²) >= 11 is 0. The maximum Gasteiger partial charge on any atom is 0.0794 e. The van der Waals surface area contributed by atoms with Crippen LogP contribution in [0.4, 0.5) is 0 Å². The van der Waals surface area contributed by atoms with Crippen LogP contribution in [0.25, 0.3) is 0 Å². The number of rotatable bonds is 3. The molecular formula is C12H25NO. The number of hydrogen-bond donors (Lipinski definition) is 2. The number of aliphatic hydroxyl groups is 1. The Hall–Kier alpha value is -0.0800. The zero-order valence-electron chi connectivity index (χ0n) is 9.79. The summed E-state index contributed by atoms with van der Waals surface area (Å²) in [4.78, 5) is 0. The van der Waals surface area contributed by atoms with Gasteiger partial charge in [-0.1, -0.05) is 20.8 Å². The predicted octanol–water partition coefficient (Wildman–Crippen LogP) is 2.16. The lowest BCUT2D eigenvalue weighted by Gasteiger charge is -2.41. The summed E-state index contributed by atoms with van der Waals surface area (Å²) in [5, 5.41) is 10.4. The molecule has 0 heterocycles. The van der Waals surface area contributed by atoms with E-state index in [0.29, 0.717) is 12.5 Å². The van der Waals surface area contributed by atoms with Crippen molar-refractivity contribution in [3.05, 3.63) is 0 Å². The SMILES string of the molecule is CCC(O)(CN)C1CC(C)CC(C)C1. The van der Waals surface area contributed by atoms with Crippen molar-refractivity contribution in [1.82, 2.24) is 0 Å². The van der Waals surface area contributed by atoms with Gasteiger partial charge in [0.15, 0.2) is 0 Å². The fourth-order valence-electron chi connectivity index (χ4n) is 2.99. The second kappa shape index (κ2) is 4.63. The molecule has 1 aliphatic carbocycles. The molecule has 3 N–H and O–H groups in total. The van der Waals surface area contributed by atoms with Crippen LogP contribution in [0.3, 0.4) is 0 Å².